The molecule has 0 heterocycles. The van der Waals surface area contributed by atoms with Crippen LogP contribution in [0.2, 0.25) is 0 Å². The standard InChI is InChI=1S/C13H19BrN2/c1-2-16(9-10-6-7-10)13-5-3-4-12(14)11(13)8-15/h3-5,10H,2,6-9,15H2,1H3. The Bertz CT molecular complexity index is 361. The van der Waals surface area contributed by atoms with Crippen LogP contribution in [0.5, 0.6) is 0 Å². The fourth-order valence-corrected chi connectivity index (χ4v) is 2.57. The molecule has 3 heteroatoms. The van der Waals surface area contributed by atoms with Crippen molar-refractivity contribution in [3.8, 4) is 0 Å². The van der Waals surface area contributed by atoms with E-state index in [9.17, 15) is 0 Å². The highest BCUT2D eigenvalue weighted by molar-refractivity contribution is 9.10. The van der Waals surface area contributed by atoms with Crippen LogP contribution >= 0.6 is 15.9 Å². The Morgan fingerprint density at radius 2 is 2.19 bits per heavy atom. The molecule has 0 aliphatic heterocycles. The van der Waals surface area contributed by atoms with Crippen LogP contribution in [0.15, 0.2) is 22.7 Å². The van der Waals surface area contributed by atoms with Gasteiger partial charge in [0.15, 0.2) is 0 Å². The predicted molar refractivity (Wildman–Crippen MR) is 72.6 cm³/mol. The van der Waals surface area contributed by atoms with E-state index in [4.69, 9.17) is 5.73 Å². The first kappa shape index (κ1) is 11.9. The number of anilines is 1. The van der Waals surface area contributed by atoms with Gasteiger partial charge in [-0.15, -0.1) is 0 Å². The molecule has 1 aliphatic rings. The van der Waals surface area contributed by atoms with E-state index < -0.39 is 0 Å². The molecule has 1 aromatic rings. The summed E-state index contributed by atoms with van der Waals surface area (Å²) in [6.07, 6.45) is 2.78. The molecule has 1 saturated carbocycles. The minimum atomic E-state index is 0.595. The van der Waals surface area contributed by atoms with Crippen molar-refractivity contribution in [2.45, 2.75) is 26.3 Å². The van der Waals surface area contributed by atoms with Gasteiger partial charge in [0.2, 0.25) is 0 Å². The summed E-state index contributed by atoms with van der Waals surface area (Å²) < 4.78 is 1.13. The van der Waals surface area contributed by atoms with Crippen molar-refractivity contribution in [3.05, 3.63) is 28.2 Å². The van der Waals surface area contributed by atoms with Crippen molar-refractivity contribution >= 4 is 21.6 Å². The van der Waals surface area contributed by atoms with E-state index in [0.29, 0.717) is 6.54 Å². The van der Waals surface area contributed by atoms with Gasteiger partial charge in [-0.3, -0.25) is 0 Å². The van der Waals surface area contributed by atoms with E-state index in [1.165, 1.54) is 30.6 Å². The number of nitrogens with zero attached hydrogens (tertiary/aromatic N) is 1. The monoisotopic (exact) mass is 282 g/mol. The van der Waals surface area contributed by atoms with Gasteiger partial charge in [0, 0.05) is 35.4 Å². The fraction of sp³-hybridized carbons (Fsp3) is 0.538. The highest BCUT2D eigenvalue weighted by atomic mass is 79.9. The van der Waals surface area contributed by atoms with Crippen molar-refractivity contribution in [1.29, 1.82) is 0 Å². The number of hydrogen-bond acceptors (Lipinski definition) is 2. The van der Waals surface area contributed by atoms with Crippen molar-refractivity contribution in [2.75, 3.05) is 18.0 Å². The van der Waals surface area contributed by atoms with E-state index >= 15 is 0 Å². The zero-order valence-corrected chi connectivity index (χ0v) is 11.3. The second-order valence-corrected chi connectivity index (χ2v) is 5.28. The first-order chi connectivity index (χ1) is 7.76. The van der Waals surface area contributed by atoms with Gasteiger partial charge in [0.25, 0.3) is 0 Å². The third kappa shape index (κ3) is 2.58. The topological polar surface area (TPSA) is 29.3 Å². The SMILES string of the molecule is CCN(CC1CC1)c1cccc(Br)c1CN. The third-order valence-electron chi connectivity index (χ3n) is 3.20. The summed E-state index contributed by atoms with van der Waals surface area (Å²) >= 11 is 3.58. The Kier molecular flexibility index (Phi) is 3.87. The summed E-state index contributed by atoms with van der Waals surface area (Å²) in [5.74, 6) is 0.907. The largest absolute Gasteiger partial charge is 0.371 e. The molecule has 0 amide bonds. The number of hydrogen-bond donors (Lipinski definition) is 1. The molecule has 1 aromatic carbocycles. The van der Waals surface area contributed by atoms with Gasteiger partial charge in [-0.1, -0.05) is 22.0 Å². The first-order valence-electron chi connectivity index (χ1n) is 5.98. The fourth-order valence-electron chi connectivity index (χ4n) is 2.06. The van der Waals surface area contributed by atoms with Gasteiger partial charge in [0.1, 0.15) is 0 Å². The van der Waals surface area contributed by atoms with Crippen LogP contribution in [-0.2, 0) is 6.54 Å². The average molecular weight is 283 g/mol. The van der Waals surface area contributed by atoms with Crippen LogP contribution in [0.4, 0.5) is 5.69 Å². The summed E-state index contributed by atoms with van der Waals surface area (Å²) in [4.78, 5) is 2.45. The lowest BCUT2D eigenvalue weighted by atomic mass is 10.1. The Hall–Kier alpha value is -0.540. The molecule has 1 aliphatic carbocycles. The molecule has 2 N–H and O–H groups in total. The summed E-state index contributed by atoms with van der Waals surface area (Å²) in [6.45, 7) is 5.04. The van der Waals surface area contributed by atoms with E-state index in [2.05, 4.69) is 46.0 Å². The van der Waals surface area contributed by atoms with Gasteiger partial charge in [0.05, 0.1) is 0 Å². The Balaban J connectivity index is 2.24. The number of rotatable bonds is 5. The molecule has 0 unspecified atom stereocenters. The second kappa shape index (κ2) is 5.19. The van der Waals surface area contributed by atoms with Crippen LogP contribution in [0.25, 0.3) is 0 Å². The van der Waals surface area contributed by atoms with E-state index in [1.807, 2.05) is 0 Å². The third-order valence-corrected chi connectivity index (χ3v) is 3.94. The lowest BCUT2D eigenvalue weighted by Crippen LogP contribution is -2.26. The summed E-state index contributed by atoms with van der Waals surface area (Å²) in [7, 11) is 0. The smallest absolute Gasteiger partial charge is 0.0423 e. The van der Waals surface area contributed by atoms with Crippen LogP contribution in [0.3, 0.4) is 0 Å². The van der Waals surface area contributed by atoms with Crippen LogP contribution in [0, 0.1) is 5.92 Å². The van der Waals surface area contributed by atoms with Crippen molar-refractivity contribution in [3.63, 3.8) is 0 Å². The molecule has 0 saturated heterocycles. The number of benzene rings is 1. The molecule has 16 heavy (non-hydrogen) atoms. The summed E-state index contributed by atoms with van der Waals surface area (Å²) in [6, 6.07) is 6.34. The molecular formula is C13H19BrN2. The molecule has 2 nitrogen and oxygen atoms in total. The molecule has 0 aromatic heterocycles. The highest BCUT2D eigenvalue weighted by Crippen LogP contribution is 2.33. The van der Waals surface area contributed by atoms with E-state index in [1.54, 1.807) is 0 Å². The molecule has 88 valence electrons. The van der Waals surface area contributed by atoms with E-state index in [-0.39, 0.29) is 0 Å². The molecule has 0 spiro atoms. The molecule has 0 atom stereocenters. The Labute approximate surface area is 106 Å². The number of halogens is 1. The van der Waals surface area contributed by atoms with Crippen LogP contribution < -0.4 is 10.6 Å². The lowest BCUT2D eigenvalue weighted by molar-refractivity contribution is 0.737. The minimum absolute atomic E-state index is 0.595. The molecular weight excluding hydrogens is 264 g/mol. The second-order valence-electron chi connectivity index (χ2n) is 4.42. The van der Waals surface area contributed by atoms with Gasteiger partial charge < -0.3 is 10.6 Å². The zero-order chi connectivity index (χ0) is 11.5. The average Bonchev–Trinajstić information content (AvgIpc) is 3.09. The Morgan fingerprint density at radius 3 is 2.75 bits per heavy atom. The lowest BCUT2D eigenvalue weighted by Gasteiger charge is -2.26. The van der Waals surface area contributed by atoms with Crippen LogP contribution in [-0.4, -0.2) is 13.1 Å². The summed E-state index contributed by atoms with van der Waals surface area (Å²) in [5, 5.41) is 0. The first-order valence-corrected chi connectivity index (χ1v) is 6.78. The molecule has 2 rings (SSSR count). The van der Waals surface area contributed by atoms with Crippen LogP contribution in [0.1, 0.15) is 25.3 Å². The number of nitrogens with two attached hydrogens (primary N) is 1. The maximum Gasteiger partial charge on any atom is 0.0423 e. The predicted octanol–water partition coefficient (Wildman–Crippen LogP) is 3.14. The Morgan fingerprint density at radius 1 is 1.44 bits per heavy atom. The van der Waals surface area contributed by atoms with Crippen molar-refractivity contribution in [2.24, 2.45) is 11.7 Å². The van der Waals surface area contributed by atoms with Gasteiger partial charge in [-0.05, 0) is 37.8 Å². The molecule has 1 fully saturated rings. The van der Waals surface area contributed by atoms with Gasteiger partial charge in [-0.25, -0.2) is 0 Å². The summed E-state index contributed by atoms with van der Waals surface area (Å²) in [5.41, 5.74) is 8.36. The highest BCUT2D eigenvalue weighted by Gasteiger charge is 2.24. The quantitative estimate of drug-likeness (QED) is 0.899. The van der Waals surface area contributed by atoms with Crippen molar-refractivity contribution < 1.29 is 0 Å². The normalized spacial score (nSPS) is 15.2. The van der Waals surface area contributed by atoms with Crippen molar-refractivity contribution in [1.82, 2.24) is 0 Å². The molecule has 0 bridgehead atoms. The van der Waals surface area contributed by atoms with Gasteiger partial charge >= 0.3 is 0 Å². The molecule has 0 radical (unpaired) electrons. The maximum atomic E-state index is 5.83. The minimum Gasteiger partial charge on any atom is -0.371 e. The van der Waals surface area contributed by atoms with E-state index in [0.717, 1.165) is 16.9 Å². The zero-order valence-electron chi connectivity index (χ0n) is 9.75. The van der Waals surface area contributed by atoms with Gasteiger partial charge in [-0.2, -0.15) is 0 Å². The maximum absolute atomic E-state index is 5.83.